The summed E-state index contributed by atoms with van der Waals surface area (Å²) in [6.07, 6.45) is 1.38. The minimum absolute atomic E-state index is 0.172. The van der Waals surface area contributed by atoms with Crippen LogP contribution < -0.4 is 10.6 Å². The van der Waals surface area contributed by atoms with Gasteiger partial charge in [0.05, 0.1) is 23.1 Å². The van der Waals surface area contributed by atoms with Gasteiger partial charge in [0.15, 0.2) is 0 Å². The Morgan fingerprint density at radius 2 is 1.38 bits per heavy atom. The van der Waals surface area contributed by atoms with Crippen molar-refractivity contribution in [3.8, 4) is 0 Å². The fourth-order valence-corrected chi connectivity index (χ4v) is 3.14. The predicted octanol–water partition coefficient (Wildman–Crippen LogP) is 4.45. The highest BCUT2D eigenvalue weighted by Crippen LogP contribution is 2.24. The van der Waals surface area contributed by atoms with Crippen LogP contribution >= 0.6 is 31.9 Å². The number of benzene rings is 2. The van der Waals surface area contributed by atoms with E-state index >= 15 is 0 Å². The number of halogens is 2. The first-order valence-corrected chi connectivity index (χ1v) is 9.19. The first kappa shape index (κ1) is 18.3. The number of hydrogen-bond donors (Lipinski definition) is 2. The normalized spacial score (nSPS) is 10.4. The summed E-state index contributed by atoms with van der Waals surface area (Å²) in [7, 11) is 1.62. The van der Waals surface area contributed by atoms with E-state index in [0.717, 1.165) is 8.95 Å². The molecule has 6 nitrogen and oxygen atoms in total. The molecule has 0 aliphatic carbocycles. The molecule has 0 aliphatic rings. The van der Waals surface area contributed by atoms with Crippen LogP contribution in [-0.4, -0.2) is 21.6 Å². The van der Waals surface area contributed by atoms with Gasteiger partial charge < -0.3 is 10.6 Å². The second-order valence-corrected chi connectivity index (χ2v) is 7.11. The average molecular weight is 478 g/mol. The fourth-order valence-electron chi connectivity index (χ4n) is 2.37. The number of anilines is 2. The SMILES string of the molecule is Cn1ncc(C(=O)Nc2ccccc2Br)c1C(=O)Nc1ccccc1Br. The van der Waals surface area contributed by atoms with E-state index in [0.29, 0.717) is 11.4 Å². The van der Waals surface area contributed by atoms with E-state index < -0.39 is 11.8 Å². The van der Waals surface area contributed by atoms with Crippen LogP contribution in [0.3, 0.4) is 0 Å². The molecule has 2 aromatic carbocycles. The number of para-hydroxylation sites is 2. The van der Waals surface area contributed by atoms with Crippen molar-refractivity contribution in [2.45, 2.75) is 0 Å². The summed E-state index contributed by atoms with van der Waals surface area (Å²) < 4.78 is 2.87. The summed E-state index contributed by atoms with van der Waals surface area (Å²) in [6, 6.07) is 14.5. The fraction of sp³-hybridized carbons (Fsp3) is 0.0556. The van der Waals surface area contributed by atoms with Crippen molar-refractivity contribution in [1.29, 1.82) is 0 Å². The number of carbonyl (C=O) groups excluding carboxylic acids is 2. The Kier molecular flexibility index (Phi) is 5.53. The molecule has 0 saturated heterocycles. The highest BCUT2D eigenvalue weighted by molar-refractivity contribution is 9.11. The largest absolute Gasteiger partial charge is 0.321 e. The molecule has 3 rings (SSSR count). The lowest BCUT2D eigenvalue weighted by molar-refractivity contribution is 0.0985. The Morgan fingerprint density at radius 3 is 1.92 bits per heavy atom. The van der Waals surface area contributed by atoms with Crippen molar-refractivity contribution < 1.29 is 9.59 Å². The molecule has 0 fully saturated rings. The van der Waals surface area contributed by atoms with Gasteiger partial charge in [-0.2, -0.15) is 5.10 Å². The van der Waals surface area contributed by atoms with Crippen LogP contribution in [-0.2, 0) is 7.05 Å². The highest BCUT2D eigenvalue weighted by Gasteiger charge is 2.23. The molecule has 1 heterocycles. The third-order valence-electron chi connectivity index (χ3n) is 3.64. The molecule has 132 valence electrons. The predicted molar refractivity (Wildman–Crippen MR) is 107 cm³/mol. The number of aromatic nitrogens is 2. The van der Waals surface area contributed by atoms with Crippen LogP contribution in [0.25, 0.3) is 0 Å². The van der Waals surface area contributed by atoms with Gasteiger partial charge in [0.1, 0.15) is 5.69 Å². The number of carbonyl (C=O) groups is 2. The third-order valence-corrected chi connectivity index (χ3v) is 5.03. The quantitative estimate of drug-likeness (QED) is 0.582. The van der Waals surface area contributed by atoms with Gasteiger partial charge in [0.25, 0.3) is 11.8 Å². The van der Waals surface area contributed by atoms with E-state index in [1.165, 1.54) is 10.9 Å². The van der Waals surface area contributed by atoms with E-state index in [-0.39, 0.29) is 11.3 Å². The van der Waals surface area contributed by atoms with Crippen molar-refractivity contribution in [1.82, 2.24) is 9.78 Å². The van der Waals surface area contributed by atoms with E-state index in [1.54, 1.807) is 19.2 Å². The smallest absolute Gasteiger partial charge is 0.274 e. The Hall–Kier alpha value is -2.45. The Morgan fingerprint density at radius 1 is 0.885 bits per heavy atom. The van der Waals surface area contributed by atoms with Crippen molar-refractivity contribution in [3.63, 3.8) is 0 Å². The molecule has 0 spiro atoms. The molecule has 0 unspecified atom stereocenters. The maximum Gasteiger partial charge on any atom is 0.274 e. The van der Waals surface area contributed by atoms with Gasteiger partial charge in [0, 0.05) is 16.0 Å². The van der Waals surface area contributed by atoms with Crippen LogP contribution in [0.2, 0.25) is 0 Å². The van der Waals surface area contributed by atoms with Crippen LogP contribution in [0.15, 0.2) is 63.7 Å². The van der Waals surface area contributed by atoms with Gasteiger partial charge in [-0.05, 0) is 56.1 Å². The summed E-state index contributed by atoms with van der Waals surface area (Å²) >= 11 is 6.77. The summed E-state index contributed by atoms with van der Waals surface area (Å²) in [5.41, 5.74) is 1.58. The third kappa shape index (κ3) is 3.86. The van der Waals surface area contributed by atoms with Gasteiger partial charge >= 0.3 is 0 Å². The van der Waals surface area contributed by atoms with Crippen molar-refractivity contribution in [2.75, 3.05) is 10.6 Å². The Bertz CT molecular complexity index is 985. The topological polar surface area (TPSA) is 76.0 Å². The second kappa shape index (κ2) is 7.84. The molecule has 3 aromatic rings. The number of nitrogens with zero attached hydrogens (tertiary/aromatic N) is 2. The molecule has 26 heavy (non-hydrogen) atoms. The Labute approximate surface area is 166 Å². The van der Waals surface area contributed by atoms with Gasteiger partial charge in [-0.15, -0.1) is 0 Å². The molecule has 2 N–H and O–H groups in total. The average Bonchev–Trinajstić information content (AvgIpc) is 3.01. The number of rotatable bonds is 4. The molecular formula is C18H14Br2N4O2. The number of nitrogens with one attached hydrogen (secondary N) is 2. The zero-order valence-electron chi connectivity index (χ0n) is 13.7. The van der Waals surface area contributed by atoms with E-state index in [2.05, 4.69) is 47.6 Å². The van der Waals surface area contributed by atoms with E-state index in [1.807, 2.05) is 36.4 Å². The molecule has 0 bridgehead atoms. The summed E-state index contributed by atoms with van der Waals surface area (Å²) in [4.78, 5) is 25.4. The monoisotopic (exact) mass is 476 g/mol. The molecular weight excluding hydrogens is 464 g/mol. The first-order valence-electron chi connectivity index (χ1n) is 7.61. The second-order valence-electron chi connectivity index (χ2n) is 5.40. The lowest BCUT2D eigenvalue weighted by Crippen LogP contribution is -2.22. The molecule has 0 aliphatic heterocycles. The zero-order valence-corrected chi connectivity index (χ0v) is 16.8. The lowest BCUT2D eigenvalue weighted by atomic mass is 10.2. The van der Waals surface area contributed by atoms with Crippen LogP contribution in [0, 0.1) is 0 Å². The molecule has 1 aromatic heterocycles. The van der Waals surface area contributed by atoms with Crippen LogP contribution in [0.4, 0.5) is 11.4 Å². The number of amides is 2. The number of hydrogen-bond acceptors (Lipinski definition) is 3. The number of aryl methyl sites for hydroxylation is 1. The minimum atomic E-state index is -0.422. The maximum atomic E-state index is 12.7. The van der Waals surface area contributed by atoms with Gasteiger partial charge in [-0.1, -0.05) is 24.3 Å². The zero-order chi connectivity index (χ0) is 18.7. The van der Waals surface area contributed by atoms with Crippen LogP contribution in [0.5, 0.6) is 0 Å². The standard InChI is InChI=1S/C18H14Br2N4O2/c1-24-16(18(26)23-15-9-5-3-7-13(15)20)11(10-21-24)17(25)22-14-8-4-2-6-12(14)19/h2-10H,1H3,(H,22,25)(H,23,26). The molecule has 8 heteroatoms. The minimum Gasteiger partial charge on any atom is -0.321 e. The lowest BCUT2D eigenvalue weighted by Gasteiger charge is -2.10. The molecule has 2 amide bonds. The maximum absolute atomic E-state index is 12.7. The van der Waals surface area contributed by atoms with Crippen molar-refractivity contribution in [3.05, 3.63) is 74.9 Å². The summed E-state index contributed by atoms with van der Waals surface area (Å²) in [6.45, 7) is 0. The van der Waals surface area contributed by atoms with Crippen molar-refractivity contribution in [2.24, 2.45) is 7.05 Å². The van der Waals surface area contributed by atoms with Gasteiger partial charge in [0.2, 0.25) is 0 Å². The highest BCUT2D eigenvalue weighted by atomic mass is 79.9. The van der Waals surface area contributed by atoms with E-state index in [9.17, 15) is 9.59 Å². The molecule has 0 saturated carbocycles. The molecule has 0 radical (unpaired) electrons. The van der Waals surface area contributed by atoms with E-state index in [4.69, 9.17) is 0 Å². The van der Waals surface area contributed by atoms with Crippen LogP contribution in [0.1, 0.15) is 20.8 Å². The first-order chi connectivity index (χ1) is 12.5. The van der Waals surface area contributed by atoms with Gasteiger partial charge in [-0.3, -0.25) is 14.3 Å². The summed E-state index contributed by atoms with van der Waals surface area (Å²) in [5.74, 6) is -0.837. The Balaban J connectivity index is 1.87. The van der Waals surface area contributed by atoms with Crippen molar-refractivity contribution >= 4 is 55.0 Å². The summed E-state index contributed by atoms with van der Waals surface area (Å²) in [5, 5.41) is 9.63. The molecule has 0 atom stereocenters. The van der Waals surface area contributed by atoms with Gasteiger partial charge in [-0.25, -0.2) is 0 Å².